The van der Waals surface area contributed by atoms with Crippen LogP contribution in [0.4, 0.5) is 10.5 Å². The van der Waals surface area contributed by atoms with Gasteiger partial charge in [-0.1, -0.05) is 0 Å². The van der Waals surface area contributed by atoms with Gasteiger partial charge in [0.1, 0.15) is 0 Å². The molecular weight excluding hydrogens is 242 g/mol. The van der Waals surface area contributed by atoms with Crippen molar-refractivity contribution in [2.75, 3.05) is 18.4 Å². The van der Waals surface area contributed by atoms with Crippen LogP contribution in [0.1, 0.15) is 26.3 Å². The number of benzene rings is 1. The van der Waals surface area contributed by atoms with Crippen LogP contribution >= 0.6 is 0 Å². The van der Waals surface area contributed by atoms with Crippen molar-refractivity contribution >= 4 is 11.8 Å². The minimum Gasteiger partial charge on any atom is -0.465 e. The molecule has 0 radical (unpaired) electrons. The fourth-order valence-corrected chi connectivity index (χ4v) is 1.69. The topological polar surface area (TPSA) is 76.4 Å². The molecule has 1 amide bonds. The second-order valence-electron chi connectivity index (χ2n) is 5.22. The van der Waals surface area contributed by atoms with Crippen molar-refractivity contribution in [2.45, 2.75) is 26.3 Å². The number of nitrogens with zero attached hydrogens (tertiary/aromatic N) is 2. The second kappa shape index (κ2) is 6.10. The molecule has 0 heterocycles. The number of carbonyl (C=O) groups is 1. The summed E-state index contributed by atoms with van der Waals surface area (Å²) in [6.45, 7) is 6.52. The van der Waals surface area contributed by atoms with Crippen LogP contribution in [0.15, 0.2) is 24.3 Å². The Balaban J connectivity index is 2.53. The fraction of sp³-hybridized carbons (Fsp3) is 0.429. The maximum absolute atomic E-state index is 11.1. The highest BCUT2D eigenvalue weighted by molar-refractivity contribution is 5.66. The third-order valence-electron chi connectivity index (χ3n) is 2.72. The average molecular weight is 261 g/mol. The van der Waals surface area contributed by atoms with Crippen LogP contribution in [0.2, 0.25) is 0 Å². The zero-order valence-electron chi connectivity index (χ0n) is 11.5. The summed E-state index contributed by atoms with van der Waals surface area (Å²) >= 11 is 0. The highest BCUT2D eigenvalue weighted by atomic mass is 16.4. The summed E-state index contributed by atoms with van der Waals surface area (Å²) in [6, 6.07) is 9.11. The Hall–Kier alpha value is -2.22. The number of nitriles is 1. The van der Waals surface area contributed by atoms with E-state index in [0.29, 0.717) is 18.7 Å². The van der Waals surface area contributed by atoms with Gasteiger partial charge in [-0.15, -0.1) is 0 Å². The van der Waals surface area contributed by atoms with Crippen molar-refractivity contribution in [3.63, 3.8) is 0 Å². The summed E-state index contributed by atoms with van der Waals surface area (Å²) in [6.07, 6.45) is -0.922. The van der Waals surface area contributed by atoms with E-state index in [1.807, 2.05) is 26.8 Å². The molecular formula is C14H19N3O2. The van der Waals surface area contributed by atoms with Crippen LogP contribution in [0.5, 0.6) is 0 Å². The number of carboxylic acid groups (broad SMARTS) is 1. The highest BCUT2D eigenvalue weighted by Gasteiger charge is 2.25. The smallest absolute Gasteiger partial charge is 0.407 e. The Labute approximate surface area is 113 Å². The lowest BCUT2D eigenvalue weighted by atomic mass is 10.1. The second-order valence-corrected chi connectivity index (χ2v) is 5.22. The third kappa shape index (κ3) is 4.51. The molecule has 0 spiro atoms. The van der Waals surface area contributed by atoms with Crippen LogP contribution in [-0.4, -0.2) is 34.7 Å². The average Bonchev–Trinajstić information content (AvgIpc) is 2.33. The zero-order valence-corrected chi connectivity index (χ0v) is 11.5. The molecule has 0 aliphatic rings. The van der Waals surface area contributed by atoms with Crippen molar-refractivity contribution in [3.05, 3.63) is 29.8 Å². The summed E-state index contributed by atoms with van der Waals surface area (Å²) in [5, 5.41) is 21.0. The molecule has 19 heavy (non-hydrogen) atoms. The molecule has 2 N–H and O–H groups in total. The quantitative estimate of drug-likeness (QED) is 0.873. The van der Waals surface area contributed by atoms with Gasteiger partial charge in [-0.2, -0.15) is 5.26 Å². The van der Waals surface area contributed by atoms with Crippen LogP contribution in [0.3, 0.4) is 0 Å². The van der Waals surface area contributed by atoms with Gasteiger partial charge in [-0.05, 0) is 45.0 Å². The molecule has 1 rings (SSSR count). The van der Waals surface area contributed by atoms with Crippen molar-refractivity contribution in [2.24, 2.45) is 0 Å². The highest BCUT2D eigenvalue weighted by Crippen LogP contribution is 2.13. The SMILES string of the molecule is CC(C)(C)N(CCNc1ccc(C#N)cc1)C(=O)O. The molecule has 0 unspecified atom stereocenters. The Kier molecular flexibility index (Phi) is 4.76. The number of anilines is 1. The van der Waals surface area contributed by atoms with E-state index in [1.54, 1.807) is 24.3 Å². The Bertz CT molecular complexity index is 469. The molecule has 5 nitrogen and oxygen atoms in total. The molecule has 102 valence electrons. The van der Waals surface area contributed by atoms with Crippen LogP contribution in [-0.2, 0) is 0 Å². The molecule has 0 saturated carbocycles. The van der Waals surface area contributed by atoms with Gasteiger partial charge in [0.25, 0.3) is 0 Å². The van der Waals surface area contributed by atoms with E-state index in [0.717, 1.165) is 5.69 Å². The minimum atomic E-state index is -0.922. The van der Waals surface area contributed by atoms with Gasteiger partial charge in [0.15, 0.2) is 0 Å². The van der Waals surface area contributed by atoms with E-state index in [1.165, 1.54) is 4.90 Å². The molecule has 0 atom stereocenters. The van der Waals surface area contributed by atoms with E-state index in [-0.39, 0.29) is 0 Å². The number of nitrogens with one attached hydrogen (secondary N) is 1. The molecule has 0 fully saturated rings. The molecule has 1 aromatic carbocycles. The van der Waals surface area contributed by atoms with Gasteiger partial charge in [-0.3, -0.25) is 0 Å². The Morgan fingerprint density at radius 3 is 2.37 bits per heavy atom. The predicted molar refractivity (Wildman–Crippen MR) is 74.1 cm³/mol. The first-order valence-corrected chi connectivity index (χ1v) is 6.09. The molecule has 5 heteroatoms. The van der Waals surface area contributed by atoms with Gasteiger partial charge in [0, 0.05) is 24.3 Å². The van der Waals surface area contributed by atoms with Gasteiger partial charge in [0.2, 0.25) is 0 Å². The lowest BCUT2D eigenvalue weighted by Gasteiger charge is -2.33. The van der Waals surface area contributed by atoms with Crippen molar-refractivity contribution in [1.82, 2.24) is 4.90 Å². The molecule has 0 aromatic heterocycles. The molecule has 0 aliphatic carbocycles. The first-order valence-electron chi connectivity index (χ1n) is 6.09. The summed E-state index contributed by atoms with van der Waals surface area (Å²) in [5.41, 5.74) is 1.06. The molecule has 1 aromatic rings. The molecule has 0 aliphatic heterocycles. The van der Waals surface area contributed by atoms with E-state index in [2.05, 4.69) is 5.32 Å². The fourth-order valence-electron chi connectivity index (χ4n) is 1.69. The van der Waals surface area contributed by atoms with E-state index in [4.69, 9.17) is 10.4 Å². The lowest BCUT2D eigenvalue weighted by Crippen LogP contribution is -2.47. The summed E-state index contributed by atoms with van der Waals surface area (Å²) in [7, 11) is 0. The summed E-state index contributed by atoms with van der Waals surface area (Å²) in [4.78, 5) is 12.5. The lowest BCUT2D eigenvalue weighted by molar-refractivity contribution is 0.103. The van der Waals surface area contributed by atoms with Crippen LogP contribution in [0.25, 0.3) is 0 Å². The van der Waals surface area contributed by atoms with E-state index in [9.17, 15) is 4.79 Å². The number of hydrogen-bond acceptors (Lipinski definition) is 3. The van der Waals surface area contributed by atoms with Crippen molar-refractivity contribution in [3.8, 4) is 6.07 Å². The molecule has 0 bridgehead atoms. The van der Waals surface area contributed by atoms with Gasteiger partial charge >= 0.3 is 6.09 Å². The zero-order chi connectivity index (χ0) is 14.5. The standard InChI is InChI=1S/C14H19N3O2/c1-14(2,3)17(13(18)19)9-8-16-12-6-4-11(10-15)5-7-12/h4-7,16H,8-9H2,1-3H3,(H,18,19). The van der Waals surface area contributed by atoms with E-state index >= 15 is 0 Å². The Morgan fingerprint density at radius 2 is 1.95 bits per heavy atom. The monoisotopic (exact) mass is 261 g/mol. The normalized spacial score (nSPS) is 10.6. The number of rotatable bonds is 4. The maximum atomic E-state index is 11.1. The number of amides is 1. The minimum absolute atomic E-state index is 0.402. The van der Waals surface area contributed by atoms with Crippen LogP contribution < -0.4 is 5.32 Å². The third-order valence-corrected chi connectivity index (χ3v) is 2.72. The van der Waals surface area contributed by atoms with Crippen LogP contribution in [0, 0.1) is 11.3 Å². The summed E-state index contributed by atoms with van der Waals surface area (Å²) < 4.78 is 0. The largest absolute Gasteiger partial charge is 0.465 e. The van der Waals surface area contributed by atoms with Gasteiger partial charge < -0.3 is 15.3 Å². The first kappa shape index (κ1) is 14.8. The predicted octanol–water partition coefficient (Wildman–Crippen LogP) is 2.75. The maximum Gasteiger partial charge on any atom is 0.407 e. The Morgan fingerprint density at radius 1 is 1.37 bits per heavy atom. The first-order chi connectivity index (χ1) is 8.84. The van der Waals surface area contributed by atoms with Gasteiger partial charge in [-0.25, -0.2) is 4.79 Å². The summed E-state index contributed by atoms with van der Waals surface area (Å²) in [5.74, 6) is 0. The van der Waals surface area contributed by atoms with Crippen molar-refractivity contribution in [1.29, 1.82) is 5.26 Å². The van der Waals surface area contributed by atoms with Gasteiger partial charge in [0.05, 0.1) is 11.6 Å². The van der Waals surface area contributed by atoms with E-state index < -0.39 is 11.6 Å². The van der Waals surface area contributed by atoms with Crippen molar-refractivity contribution < 1.29 is 9.90 Å². The molecule has 0 saturated heterocycles. The number of hydrogen-bond donors (Lipinski definition) is 2.